The van der Waals surface area contributed by atoms with E-state index >= 15 is 0 Å². The van der Waals surface area contributed by atoms with Crippen LogP contribution >= 0.6 is 0 Å². The van der Waals surface area contributed by atoms with E-state index in [1.54, 1.807) is 44.7 Å². The molecular weight excluding hydrogens is 392 g/mol. The van der Waals surface area contributed by atoms with E-state index in [0.29, 0.717) is 39.6 Å². The van der Waals surface area contributed by atoms with Crippen LogP contribution in [0.1, 0.15) is 17.3 Å². The number of aromatic nitrogens is 1. The summed E-state index contributed by atoms with van der Waals surface area (Å²) in [5.41, 5.74) is 7.21. The first kappa shape index (κ1) is 24.3. The molecule has 9 nitrogen and oxygen atoms in total. The van der Waals surface area contributed by atoms with Crippen LogP contribution in [0.25, 0.3) is 10.9 Å². The number of ether oxygens (including phenoxy) is 4. The summed E-state index contributed by atoms with van der Waals surface area (Å²) in [5.74, 6) is 2.10. The minimum Gasteiger partial charge on any atom is -0.493 e. The highest BCUT2D eigenvalue weighted by Crippen LogP contribution is 2.32. The molecule has 0 spiro atoms. The van der Waals surface area contributed by atoms with Gasteiger partial charge in [-0.2, -0.15) is 0 Å². The number of nitrogens with two attached hydrogens (primary N) is 1. The van der Waals surface area contributed by atoms with Gasteiger partial charge in [0.25, 0.3) is 0 Å². The van der Waals surface area contributed by atoms with Gasteiger partial charge >= 0.3 is 0 Å². The molecule has 2 aromatic carbocycles. The number of hydrogen-bond acceptors (Lipinski definition) is 7. The van der Waals surface area contributed by atoms with Gasteiger partial charge in [0, 0.05) is 41.0 Å². The van der Waals surface area contributed by atoms with Crippen molar-refractivity contribution in [1.29, 1.82) is 0 Å². The fourth-order valence-corrected chi connectivity index (χ4v) is 2.70. The monoisotopic (exact) mass is 418 g/mol. The van der Waals surface area contributed by atoms with Gasteiger partial charge in [-0.25, -0.2) is 0 Å². The maximum absolute atomic E-state index is 11.5. The number of Topliss-reactive ketones (excluding diaryl/α,β-unsaturated/α-hetero) is 1. The lowest BCUT2D eigenvalue weighted by molar-refractivity contribution is 0.101. The topological polar surface area (TPSA) is 144 Å². The Bertz CT molecular complexity index is 1080. The van der Waals surface area contributed by atoms with Crippen LogP contribution in [0.15, 0.2) is 41.3 Å². The van der Waals surface area contributed by atoms with E-state index in [9.17, 15) is 9.59 Å². The van der Waals surface area contributed by atoms with E-state index in [1.165, 1.54) is 27.2 Å². The molecular formula is C21H26N2O7. The summed E-state index contributed by atoms with van der Waals surface area (Å²) in [6, 6.07) is 8.06. The maximum atomic E-state index is 11.5. The van der Waals surface area contributed by atoms with Crippen LogP contribution in [0.5, 0.6) is 23.0 Å². The van der Waals surface area contributed by atoms with Crippen LogP contribution in [0.3, 0.4) is 0 Å². The van der Waals surface area contributed by atoms with E-state index < -0.39 is 0 Å². The third-order valence-electron chi connectivity index (χ3n) is 4.20. The quantitative estimate of drug-likeness (QED) is 0.477. The number of carbonyl (C=O) groups excluding carboxylic acids is 1. The van der Waals surface area contributed by atoms with Crippen molar-refractivity contribution in [3.8, 4) is 23.0 Å². The largest absolute Gasteiger partial charge is 0.493 e. The fourth-order valence-electron chi connectivity index (χ4n) is 2.70. The fraction of sp³-hybridized carbons (Fsp3) is 0.238. The van der Waals surface area contributed by atoms with Gasteiger partial charge in [-0.15, -0.1) is 0 Å². The van der Waals surface area contributed by atoms with Crippen molar-refractivity contribution in [1.82, 2.24) is 4.98 Å². The Hall–Kier alpha value is -3.72. The summed E-state index contributed by atoms with van der Waals surface area (Å²) in [6.45, 7) is 1.46. The lowest BCUT2D eigenvalue weighted by atomic mass is 10.1. The van der Waals surface area contributed by atoms with Crippen LogP contribution in [0, 0.1) is 0 Å². The second-order valence-corrected chi connectivity index (χ2v) is 5.95. The third kappa shape index (κ3) is 5.21. The van der Waals surface area contributed by atoms with Crippen LogP contribution < -0.4 is 30.1 Å². The van der Waals surface area contributed by atoms with Crippen LogP contribution in [-0.4, -0.2) is 44.7 Å². The van der Waals surface area contributed by atoms with Gasteiger partial charge in [-0.05, 0) is 19.1 Å². The molecule has 0 bridgehead atoms. The molecule has 0 saturated carbocycles. The van der Waals surface area contributed by atoms with Crippen molar-refractivity contribution in [3.05, 3.63) is 52.3 Å². The summed E-state index contributed by atoms with van der Waals surface area (Å²) < 4.78 is 20.3. The zero-order valence-electron chi connectivity index (χ0n) is 17.5. The molecule has 0 aliphatic rings. The molecule has 3 rings (SSSR count). The zero-order valence-corrected chi connectivity index (χ0v) is 17.5. The van der Waals surface area contributed by atoms with Crippen LogP contribution in [0.2, 0.25) is 0 Å². The van der Waals surface area contributed by atoms with Crippen molar-refractivity contribution >= 4 is 22.4 Å². The first-order valence-corrected chi connectivity index (χ1v) is 8.62. The van der Waals surface area contributed by atoms with Crippen molar-refractivity contribution in [2.75, 3.05) is 34.2 Å². The molecule has 30 heavy (non-hydrogen) atoms. The van der Waals surface area contributed by atoms with E-state index in [0.717, 1.165) is 5.52 Å². The highest BCUT2D eigenvalue weighted by atomic mass is 16.5. The van der Waals surface area contributed by atoms with E-state index in [-0.39, 0.29) is 16.7 Å². The second-order valence-electron chi connectivity index (χ2n) is 5.95. The molecule has 0 aliphatic heterocycles. The summed E-state index contributed by atoms with van der Waals surface area (Å²) >= 11 is 0. The molecule has 0 radical (unpaired) electrons. The van der Waals surface area contributed by atoms with Crippen molar-refractivity contribution in [2.45, 2.75) is 6.92 Å². The predicted molar refractivity (Wildman–Crippen MR) is 115 cm³/mol. The normalized spacial score (nSPS) is 9.63. The van der Waals surface area contributed by atoms with Gasteiger partial charge in [0.15, 0.2) is 34.2 Å². The second kappa shape index (κ2) is 10.7. The molecule has 9 heteroatoms. The number of nitrogen functional groups attached to an aromatic ring is 1. The van der Waals surface area contributed by atoms with Crippen molar-refractivity contribution in [2.24, 2.45) is 0 Å². The minimum atomic E-state index is -0.0940. The van der Waals surface area contributed by atoms with E-state index in [4.69, 9.17) is 24.7 Å². The molecule has 0 fully saturated rings. The first-order chi connectivity index (χ1) is 13.9. The SMILES string of the molecule is COc1cc(N)c(C(C)=O)cc1OC.COc1cc2[nH]ccc(=O)c2cc1OC.O. The number of rotatable bonds is 5. The lowest BCUT2D eigenvalue weighted by Crippen LogP contribution is -2.02. The van der Waals surface area contributed by atoms with Gasteiger partial charge in [0.1, 0.15) is 0 Å². The number of ketones is 1. The number of H-pyrrole nitrogens is 1. The van der Waals surface area contributed by atoms with Gasteiger partial charge in [0.05, 0.1) is 34.0 Å². The first-order valence-electron chi connectivity index (χ1n) is 8.62. The average molecular weight is 418 g/mol. The van der Waals surface area contributed by atoms with Crippen molar-refractivity contribution in [3.63, 3.8) is 0 Å². The highest BCUT2D eigenvalue weighted by molar-refractivity contribution is 5.99. The standard InChI is InChI=1S/C11H11NO3.C10H13NO3.H2O/c1-14-10-5-7-8(6-11(10)15-2)12-4-3-9(7)13;1-6(12)7-4-9(13-2)10(14-3)5-8(7)11;/h3-6H,1-2H3,(H,12,13);4-5H,11H2,1-3H3;1H2. The molecule has 0 aliphatic carbocycles. The minimum absolute atomic E-state index is 0. The number of aromatic amines is 1. The molecule has 0 amide bonds. The van der Waals surface area contributed by atoms with Crippen LogP contribution in [-0.2, 0) is 0 Å². The Morgan fingerprint density at radius 1 is 0.867 bits per heavy atom. The average Bonchev–Trinajstić information content (AvgIpc) is 2.73. The number of nitrogens with one attached hydrogen (secondary N) is 1. The Balaban J connectivity index is 0.000000291. The Morgan fingerprint density at radius 2 is 1.37 bits per heavy atom. The third-order valence-corrected chi connectivity index (χ3v) is 4.20. The van der Waals surface area contributed by atoms with Gasteiger partial charge < -0.3 is 35.1 Å². The maximum Gasteiger partial charge on any atom is 0.189 e. The summed E-state index contributed by atoms with van der Waals surface area (Å²) in [6.07, 6.45) is 1.61. The van der Waals surface area contributed by atoms with Gasteiger partial charge in [-0.1, -0.05) is 0 Å². The number of pyridine rings is 1. The molecule has 0 unspecified atom stereocenters. The smallest absolute Gasteiger partial charge is 0.189 e. The highest BCUT2D eigenvalue weighted by Gasteiger charge is 2.11. The Kier molecular flexibility index (Phi) is 8.69. The molecule has 1 aromatic heterocycles. The zero-order chi connectivity index (χ0) is 21.6. The van der Waals surface area contributed by atoms with E-state index in [1.807, 2.05) is 0 Å². The molecule has 3 aromatic rings. The van der Waals surface area contributed by atoms with Crippen LogP contribution in [0.4, 0.5) is 5.69 Å². The molecule has 0 saturated heterocycles. The van der Waals surface area contributed by atoms with Gasteiger partial charge in [-0.3, -0.25) is 9.59 Å². The lowest BCUT2D eigenvalue weighted by Gasteiger charge is -2.10. The Morgan fingerprint density at radius 3 is 1.90 bits per heavy atom. The van der Waals surface area contributed by atoms with Crippen molar-refractivity contribution < 1.29 is 29.2 Å². The Labute approximate surface area is 173 Å². The summed E-state index contributed by atoms with van der Waals surface area (Å²) in [4.78, 5) is 25.7. The molecule has 162 valence electrons. The number of methoxy groups -OCH3 is 4. The van der Waals surface area contributed by atoms with E-state index in [2.05, 4.69) is 4.98 Å². The molecule has 5 N–H and O–H groups in total. The number of carbonyl (C=O) groups is 1. The number of fused-ring (bicyclic) bond motifs is 1. The molecule has 0 atom stereocenters. The van der Waals surface area contributed by atoms with Gasteiger partial charge in [0.2, 0.25) is 0 Å². The summed E-state index contributed by atoms with van der Waals surface area (Å²) in [7, 11) is 6.13. The summed E-state index contributed by atoms with van der Waals surface area (Å²) in [5, 5.41) is 0.593. The predicted octanol–water partition coefficient (Wildman–Crippen LogP) is 2.21. The molecule has 1 heterocycles. The number of hydrogen-bond donors (Lipinski definition) is 2. The number of anilines is 1. The number of benzene rings is 2.